The zero-order valence-electron chi connectivity index (χ0n) is 32.3. The van der Waals surface area contributed by atoms with Gasteiger partial charge in [0.1, 0.15) is 91.6 Å². The van der Waals surface area contributed by atoms with Crippen molar-refractivity contribution in [1.29, 1.82) is 0 Å². The second kappa shape index (κ2) is 19.2. The average molecular weight is 883 g/mol. The number of unbranched alkanes of at least 4 members (excludes halogenated alkanes) is 2. The molecule has 20 atom stereocenters. The molecule has 23 heteroatoms. The molecule has 60 heavy (non-hydrogen) atoms. The predicted octanol–water partition coefficient (Wildman–Crippen LogP) is -5.43. The fourth-order valence-electron chi connectivity index (χ4n) is 8.57. The summed E-state index contributed by atoms with van der Waals surface area (Å²) in [7, 11) is 0. The minimum Gasteiger partial charge on any atom is -0.394 e. The summed E-state index contributed by atoms with van der Waals surface area (Å²) in [5.74, 6) is -3.79. The van der Waals surface area contributed by atoms with Gasteiger partial charge in [-0.25, -0.2) is 0 Å². The Hall–Kier alpha value is -1.66. The third kappa shape index (κ3) is 8.64. The first-order chi connectivity index (χ1) is 28.7. The van der Waals surface area contributed by atoms with E-state index in [1.54, 1.807) is 24.3 Å². The molecule has 22 nitrogen and oxygen atoms in total. The predicted molar refractivity (Wildman–Crippen MR) is 196 cm³/mol. The first kappa shape index (κ1) is 46.3. The van der Waals surface area contributed by atoms with Gasteiger partial charge in [-0.15, -0.1) is 0 Å². The molecule has 7 rings (SSSR count). The van der Waals surface area contributed by atoms with Crippen molar-refractivity contribution in [3.63, 3.8) is 0 Å². The summed E-state index contributed by atoms with van der Waals surface area (Å²) in [5.41, 5.74) is 3.26. The van der Waals surface area contributed by atoms with Crippen molar-refractivity contribution in [3.8, 4) is 0 Å². The Kier molecular flexibility index (Phi) is 14.8. The van der Waals surface area contributed by atoms with Crippen molar-refractivity contribution >= 4 is 17.4 Å². The number of ether oxygens (including phenoxy) is 9. The zero-order chi connectivity index (χ0) is 43.1. The summed E-state index contributed by atoms with van der Waals surface area (Å²) in [6.45, 7) is -1.92. The Morgan fingerprint density at radius 3 is 2.07 bits per heavy atom. The number of rotatable bonds is 17. The van der Waals surface area contributed by atoms with E-state index >= 15 is 0 Å². The summed E-state index contributed by atoms with van der Waals surface area (Å²) >= 11 is 6.05. The number of ketones is 1. The van der Waals surface area contributed by atoms with Crippen LogP contribution in [-0.2, 0) is 54.0 Å². The van der Waals surface area contributed by atoms with Crippen molar-refractivity contribution in [2.75, 3.05) is 33.0 Å². The molecule has 0 aromatic heterocycles. The van der Waals surface area contributed by atoms with Gasteiger partial charge >= 0.3 is 0 Å². The number of halogens is 1. The van der Waals surface area contributed by atoms with E-state index in [1.165, 1.54) is 0 Å². The van der Waals surface area contributed by atoms with E-state index < -0.39 is 141 Å². The van der Waals surface area contributed by atoms with E-state index in [-0.39, 0.29) is 32.6 Å². The minimum atomic E-state index is -2.92. The second-order valence-corrected chi connectivity index (χ2v) is 16.3. The number of fused-ring (bicyclic) bond motifs is 4. The summed E-state index contributed by atoms with van der Waals surface area (Å²) < 4.78 is 52.8. The van der Waals surface area contributed by atoms with Crippen molar-refractivity contribution in [1.82, 2.24) is 5.32 Å². The fourth-order valence-corrected chi connectivity index (χ4v) is 8.69. The van der Waals surface area contributed by atoms with Gasteiger partial charge in [-0.1, -0.05) is 30.2 Å². The maximum Gasteiger partial charge on any atom is 0.276 e. The molecule has 0 radical (unpaired) electrons. The van der Waals surface area contributed by atoms with Crippen LogP contribution in [0.25, 0.3) is 0 Å². The van der Waals surface area contributed by atoms with Crippen molar-refractivity contribution in [2.24, 2.45) is 5.73 Å². The van der Waals surface area contributed by atoms with Gasteiger partial charge in [-0.05, 0) is 37.1 Å². The number of Topliss-reactive ketones (excluding diaryl/α,β-unsaturated/α-hetero) is 1. The van der Waals surface area contributed by atoms with Gasteiger partial charge < -0.3 is 99.4 Å². The highest BCUT2D eigenvalue weighted by Crippen LogP contribution is 2.45. The monoisotopic (exact) mass is 882 g/mol. The van der Waals surface area contributed by atoms with Crippen LogP contribution in [-0.4, -0.2) is 212 Å². The lowest BCUT2D eigenvalue weighted by Crippen LogP contribution is -2.82. The Bertz CT molecular complexity index is 1590. The van der Waals surface area contributed by atoms with Gasteiger partial charge in [-0.3, -0.25) is 10.1 Å². The summed E-state index contributed by atoms with van der Waals surface area (Å²) in [5, 5.41) is 113. The molecule has 4 bridgehead atoms. The highest BCUT2D eigenvalue weighted by molar-refractivity contribution is 6.30. The SMILES string of the molecule is NCCCCCC(=O)[C@]1(O[C@@H]2[C@H]3OC[C@@H]2O[C@@H](O[C@@H]2[C@@H](O)[C@H](O[C@@H]4[C@H]5OC[C@@H]4O[C@@H](O)[C@H]5O)O[C@H](CO)[C@H]2O)[C@H]3O)O[C@H](CO)[C@H](O)[C@H](O)[C@]1(O)NCc1ccc(Cl)cc1. The topological polar surface area (TPSA) is 340 Å². The summed E-state index contributed by atoms with van der Waals surface area (Å²) in [6, 6.07) is 6.37. The van der Waals surface area contributed by atoms with Gasteiger partial charge in [0.15, 0.2) is 24.7 Å². The van der Waals surface area contributed by atoms with Crippen LogP contribution in [0, 0.1) is 0 Å². The lowest BCUT2D eigenvalue weighted by Gasteiger charge is -2.55. The Balaban J connectivity index is 1.13. The Labute approximate surface area is 348 Å². The molecule has 0 saturated carbocycles. The first-order valence-corrected chi connectivity index (χ1v) is 20.3. The normalized spacial score (nSPS) is 46.5. The first-order valence-electron chi connectivity index (χ1n) is 20.0. The molecule has 0 spiro atoms. The number of benzene rings is 1. The maximum atomic E-state index is 14.5. The van der Waals surface area contributed by atoms with E-state index in [0.717, 1.165) is 0 Å². The van der Waals surface area contributed by atoms with Crippen LogP contribution in [0.3, 0.4) is 0 Å². The molecular weight excluding hydrogens is 828 g/mol. The smallest absolute Gasteiger partial charge is 0.276 e. The van der Waals surface area contributed by atoms with Crippen LogP contribution < -0.4 is 11.1 Å². The molecule has 6 saturated heterocycles. The molecule has 6 heterocycles. The molecule has 1 aromatic carbocycles. The number of hydrogen-bond acceptors (Lipinski definition) is 22. The summed E-state index contributed by atoms with van der Waals surface area (Å²) in [4.78, 5) is 14.5. The molecular formula is C37H55ClN2O20. The van der Waals surface area contributed by atoms with E-state index in [2.05, 4.69) is 5.32 Å². The lowest BCUT2D eigenvalue weighted by atomic mass is 9.82. The average Bonchev–Trinajstić information content (AvgIpc) is 3.73. The number of nitrogens with one attached hydrogen (secondary N) is 1. The Morgan fingerprint density at radius 2 is 1.40 bits per heavy atom. The van der Waals surface area contributed by atoms with Crippen LogP contribution in [0.2, 0.25) is 5.02 Å². The summed E-state index contributed by atoms with van der Waals surface area (Å²) in [6.07, 6.45) is -26.7. The van der Waals surface area contributed by atoms with Crippen LogP contribution in [0.1, 0.15) is 31.2 Å². The second-order valence-electron chi connectivity index (χ2n) is 15.8. The quantitative estimate of drug-likeness (QED) is 0.0513. The maximum absolute atomic E-state index is 14.5. The number of hydrogen-bond donors (Lipinski definition) is 12. The fraction of sp³-hybridized carbons (Fsp3) is 0.811. The highest BCUT2D eigenvalue weighted by atomic mass is 35.5. The van der Waals surface area contributed by atoms with E-state index in [4.69, 9.17) is 60.0 Å². The zero-order valence-corrected chi connectivity index (χ0v) is 33.0. The Morgan fingerprint density at radius 1 is 0.767 bits per heavy atom. The molecule has 0 unspecified atom stereocenters. The highest BCUT2D eigenvalue weighted by Gasteiger charge is 2.71. The standard InChI is InChI=1S/C37H55ClN2O20/c38-16-7-5-15(6-8-16)10-40-36(51)32(49)23(45)18(12-42)59-37(36,21(43)4-2-1-3-9-39)60-28-20-14-53-31(28)26(48)35(56-20)58-29-22(44)17(11-41)55-34(25(29)47)57-27-19-13-52-30(27)24(46)33(50)54-19/h5-8,17-20,22-35,40-42,44-51H,1-4,9-14,39H2/t17-,18-,19+,20+,22-,23+,24+,25-,26+,27+,28+,29+,30+,31+,32+,33-,34+,35+,36-,37-/m1/s1. The molecule has 0 aliphatic carbocycles. The van der Waals surface area contributed by atoms with Crippen LogP contribution in [0.15, 0.2) is 24.3 Å². The van der Waals surface area contributed by atoms with E-state index in [1.807, 2.05) is 0 Å². The number of nitrogens with two attached hydrogens (primary N) is 1. The molecule has 13 N–H and O–H groups in total. The van der Waals surface area contributed by atoms with Gasteiger partial charge in [0.05, 0.1) is 26.4 Å². The molecule has 6 aliphatic rings. The van der Waals surface area contributed by atoms with Gasteiger partial charge in [0.2, 0.25) is 5.72 Å². The largest absolute Gasteiger partial charge is 0.394 e. The molecule has 1 aromatic rings. The molecule has 0 amide bonds. The van der Waals surface area contributed by atoms with Gasteiger partial charge in [-0.2, -0.15) is 0 Å². The van der Waals surface area contributed by atoms with Crippen LogP contribution >= 0.6 is 11.6 Å². The number of carbonyl (C=O) groups excluding carboxylic acids is 1. The van der Waals surface area contributed by atoms with Crippen LogP contribution in [0.4, 0.5) is 0 Å². The van der Waals surface area contributed by atoms with Crippen molar-refractivity contribution in [3.05, 3.63) is 34.9 Å². The van der Waals surface area contributed by atoms with Crippen molar-refractivity contribution in [2.45, 2.75) is 154 Å². The molecule has 340 valence electrons. The van der Waals surface area contributed by atoms with Gasteiger partial charge in [0, 0.05) is 18.0 Å². The van der Waals surface area contributed by atoms with Gasteiger partial charge in [0.25, 0.3) is 5.79 Å². The number of carbonyl (C=O) groups is 1. The number of aliphatic hydroxyl groups excluding tert-OH is 9. The molecule has 6 fully saturated rings. The third-order valence-electron chi connectivity index (χ3n) is 11.9. The lowest BCUT2D eigenvalue weighted by molar-refractivity contribution is -0.414. The molecule has 6 aliphatic heterocycles. The number of aliphatic hydroxyl groups is 10. The minimum absolute atomic E-state index is 0.0609. The third-order valence-corrected chi connectivity index (χ3v) is 12.2. The van der Waals surface area contributed by atoms with Crippen LogP contribution in [0.5, 0.6) is 0 Å². The van der Waals surface area contributed by atoms with E-state index in [0.29, 0.717) is 30.0 Å². The van der Waals surface area contributed by atoms with Crippen molar-refractivity contribution < 1.29 is 98.5 Å². The van der Waals surface area contributed by atoms with E-state index in [9.17, 15) is 55.9 Å².